The number of esters is 1. The lowest BCUT2D eigenvalue weighted by Crippen LogP contribution is -2.24. The molecule has 0 unspecified atom stereocenters. The Morgan fingerprint density at radius 3 is 2.72 bits per heavy atom. The van der Waals surface area contributed by atoms with Crippen LogP contribution in [-0.2, 0) is 17.8 Å². The van der Waals surface area contributed by atoms with E-state index in [9.17, 15) is 9.90 Å². The monoisotopic (exact) mass is 490 g/mol. The lowest BCUT2D eigenvalue weighted by atomic mass is 10.1. The molecule has 9 heteroatoms. The molecule has 4 aromatic rings. The Morgan fingerprint density at radius 1 is 1.14 bits per heavy atom. The van der Waals surface area contributed by atoms with E-state index in [4.69, 9.17) is 20.4 Å². The van der Waals surface area contributed by atoms with E-state index in [0.717, 1.165) is 65.7 Å². The predicted molar refractivity (Wildman–Crippen MR) is 142 cm³/mol. The molecule has 2 aromatic heterocycles. The molecule has 2 aromatic carbocycles. The van der Waals surface area contributed by atoms with Crippen LogP contribution in [0.4, 0.5) is 5.82 Å². The van der Waals surface area contributed by atoms with Gasteiger partial charge in [0.25, 0.3) is 0 Å². The number of methoxy groups -OCH3 is 1. The third-order valence-corrected chi connectivity index (χ3v) is 6.21. The van der Waals surface area contributed by atoms with Gasteiger partial charge in [0.1, 0.15) is 17.3 Å². The summed E-state index contributed by atoms with van der Waals surface area (Å²) in [5.41, 5.74) is 9.48. The number of nitrogens with one attached hydrogen (secondary N) is 2. The Balaban J connectivity index is 1.65. The number of nitrogens with zero attached hydrogens (tertiary/aromatic N) is 3. The van der Waals surface area contributed by atoms with Crippen molar-refractivity contribution in [2.45, 2.75) is 25.9 Å². The van der Waals surface area contributed by atoms with Gasteiger partial charge in [0.15, 0.2) is 0 Å². The maximum Gasteiger partial charge on any atom is 0.337 e. The molecule has 0 atom stereocenters. The molecule has 5 N–H and O–H groups in total. The normalized spacial score (nSPS) is 11.5. The number of nitrogens with two attached hydrogens (primary N) is 1. The molecule has 9 nitrogen and oxygen atoms in total. The standard InChI is InChI=1S/C27H34N6O3/c1-33(12-4-10-28)13-5-11-29-25-24-21-9-8-20(27(35)36-2)16-22(21)30-26(24)32-23(31-25)15-18-6-3-7-19(14-18)17-34/h3,6-9,14,16,34H,4-5,10-13,15,17,28H2,1-2H3,(H2,29,30,31,32). The average molecular weight is 491 g/mol. The molecule has 0 amide bonds. The van der Waals surface area contributed by atoms with E-state index in [1.807, 2.05) is 30.3 Å². The first-order valence-electron chi connectivity index (χ1n) is 12.2. The van der Waals surface area contributed by atoms with Gasteiger partial charge in [0.2, 0.25) is 0 Å². The molecular formula is C27H34N6O3. The predicted octanol–water partition coefficient (Wildman–Crippen LogP) is 3.06. The minimum atomic E-state index is -0.386. The van der Waals surface area contributed by atoms with Gasteiger partial charge in [0, 0.05) is 23.9 Å². The SMILES string of the molecule is COC(=O)c1ccc2c(c1)[nH]c1nc(Cc3cccc(CO)c3)nc(NCCCN(C)CCCN)c12. The highest BCUT2D eigenvalue weighted by Crippen LogP contribution is 2.31. The van der Waals surface area contributed by atoms with Gasteiger partial charge in [-0.3, -0.25) is 0 Å². The molecule has 190 valence electrons. The fraction of sp³-hybridized carbons (Fsp3) is 0.370. The molecule has 0 aliphatic carbocycles. The number of benzene rings is 2. The third kappa shape index (κ3) is 5.99. The van der Waals surface area contributed by atoms with E-state index in [2.05, 4.69) is 22.2 Å². The van der Waals surface area contributed by atoms with Crippen molar-refractivity contribution in [3.63, 3.8) is 0 Å². The number of H-pyrrole nitrogens is 1. The van der Waals surface area contributed by atoms with E-state index in [-0.39, 0.29) is 12.6 Å². The van der Waals surface area contributed by atoms with E-state index in [1.54, 1.807) is 12.1 Å². The molecular weight excluding hydrogens is 456 g/mol. The molecule has 4 rings (SSSR count). The lowest BCUT2D eigenvalue weighted by Gasteiger charge is -2.16. The fourth-order valence-electron chi connectivity index (χ4n) is 4.35. The smallest absolute Gasteiger partial charge is 0.337 e. The summed E-state index contributed by atoms with van der Waals surface area (Å²) in [6.07, 6.45) is 2.47. The van der Waals surface area contributed by atoms with Crippen molar-refractivity contribution < 1.29 is 14.6 Å². The van der Waals surface area contributed by atoms with Crippen molar-refractivity contribution in [2.75, 3.05) is 45.7 Å². The molecule has 0 aliphatic rings. The van der Waals surface area contributed by atoms with Crippen molar-refractivity contribution in [3.05, 3.63) is 65.0 Å². The van der Waals surface area contributed by atoms with E-state index in [1.165, 1.54) is 7.11 Å². The Labute approximate surface area is 210 Å². The molecule has 0 aliphatic heterocycles. The van der Waals surface area contributed by atoms with Gasteiger partial charge < -0.3 is 30.8 Å². The number of aliphatic hydroxyl groups is 1. The highest BCUT2D eigenvalue weighted by molar-refractivity contribution is 6.12. The van der Waals surface area contributed by atoms with E-state index in [0.29, 0.717) is 30.0 Å². The number of ether oxygens (including phenoxy) is 1. The Bertz CT molecular complexity index is 1340. The maximum absolute atomic E-state index is 12.0. The number of aromatic nitrogens is 3. The average Bonchev–Trinajstić information content (AvgIpc) is 3.27. The summed E-state index contributed by atoms with van der Waals surface area (Å²) in [6.45, 7) is 3.38. The molecule has 0 saturated carbocycles. The second kappa shape index (κ2) is 11.9. The van der Waals surface area contributed by atoms with Crippen molar-refractivity contribution in [1.29, 1.82) is 0 Å². The van der Waals surface area contributed by atoms with Gasteiger partial charge in [-0.05, 0) is 62.8 Å². The number of aromatic amines is 1. The number of carbonyl (C=O) groups is 1. The summed E-state index contributed by atoms with van der Waals surface area (Å²) in [4.78, 5) is 27.4. The molecule has 0 radical (unpaired) electrons. The summed E-state index contributed by atoms with van der Waals surface area (Å²) >= 11 is 0. The zero-order chi connectivity index (χ0) is 25.5. The van der Waals surface area contributed by atoms with Crippen LogP contribution in [0.2, 0.25) is 0 Å². The van der Waals surface area contributed by atoms with Gasteiger partial charge >= 0.3 is 5.97 Å². The largest absolute Gasteiger partial charge is 0.465 e. The van der Waals surface area contributed by atoms with Crippen molar-refractivity contribution in [2.24, 2.45) is 5.73 Å². The number of carbonyl (C=O) groups excluding carboxylic acids is 1. The summed E-state index contributed by atoms with van der Waals surface area (Å²) in [5.74, 6) is 1.04. The zero-order valence-electron chi connectivity index (χ0n) is 20.9. The number of hydrogen-bond donors (Lipinski definition) is 4. The van der Waals surface area contributed by atoms with Crippen molar-refractivity contribution in [1.82, 2.24) is 19.9 Å². The minimum absolute atomic E-state index is 0.00912. The Kier molecular flexibility index (Phi) is 8.48. The molecule has 0 fully saturated rings. The summed E-state index contributed by atoms with van der Waals surface area (Å²) in [5, 5.41) is 14.8. The Hall–Kier alpha value is -3.53. The van der Waals surface area contributed by atoms with E-state index >= 15 is 0 Å². The van der Waals surface area contributed by atoms with Crippen molar-refractivity contribution >= 4 is 33.7 Å². The molecule has 36 heavy (non-hydrogen) atoms. The number of rotatable bonds is 12. The quantitative estimate of drug-likeness (QED) is 0.176. The van der Waals surface area contributed by atoms with Crippen molar-refractivity contribution in [3.8, 4) is 0 Å². The van der Waals surface area contributed by atoms with E-state index < -0.39 is 0 Å². The van der Waals surface area contributed by atoms with Crippen LogP contribution in [0.5, 0.6) is 0 Å². The number of fused-ring (bicyclic) bond motifs is 3. The minimum Gasteiger partial charge on any atom is -0.465 e. The van der Waals surface area contributed by atoms with Crippen LogP contribution in [0.15, 0.2) is 42.5 Å². The Morgan fingerprint density at radius 2 is 1.94 bits per heavy atom. The van der Waals surface area contributed by atoms with Crippen LogP contribution >= 0.6 is 0 Å². The van der Waals surface area contributed by atoms with Crippen LogP contribution < -0.4 is 11.1 Å². The van der Waals surface area contributed by atoms with Gasteiger partial charge in [-0.1, -0.05) is 30.3 Å². The highest BCUT2D eigenvalue weighted by atomic mass is 16.5. The zero-order valence-corrected chi connectivity index (χ0v) is 20.9. The third-order valence-electron chi connectivity index (χ3n) is 6.21. The fourth-order valence-corrected chi connectivity index (χ4v) is 4.35. The first-order valence-corrected chi connectivity index (χ1v) is 12.2. The van der Waals surface area contributed by atoms with Crippen LogP contribution in [0.3, 0.4) is 0 Å². The summed E-state index contributed by atoms with van der Waals surface area (Å²) in [7, 11) is 3.48. The topological polar surface area (TPSA) is 129 Å². The second-order valence-electron chi connectivity index (χ2n) is 8.97. The van der Waals surface area contributed by atoms with Crippen LogP contribution in [-0.4, -0.2) is 71.3 Å². The maximum atomic E-state index is 12.0. The first-order chi connectivity index (χ1) is 17.5. The van der Waals surface area contributed by atoms with Gasteiger partial charge in [0.05, 0.1) is 24.7 Å². The molecule has 0 bridgehead atoms. The molecule has 0 spiro atoms. The summed E-state index contributed by atoms with van der Waals surface area (Å²) in [6, 6.07) is 13.2. The van der Waals surface area contributed by atoms with Crippen LogP contribution in [0.1, 0.15) is 40.2 Å². The van der Waals surface area contributed by atoms with Gasteiger partial charge in [-0.2, -0.15) is 0 Å². The van der Waals surface area contributed by atoms with Crippen LogP contribution in [0.25, 0.3) is 21.9 Å². The van der Waals surface area contributed by atoms with Gasteiger partial charge in [-0.15, -0.1) is 0 Å². The highest BCUT2D eigenvalue weighted by Gasteiger charge is 2.16. The number of hydrogen-bond acceptors (Lipinski definition) is 8. The van der Waals surface area contributed by atoms with Gasteiger partial charge in [-0.25, -0.2) is 14.8 Å². The van der Waals surface area contributed by atoms with Crippen LogP contribution in [0, 0.1) is 0 Å². The number of aliphatic hydroxyl groups excluding tert-OH is 1. The molecule has 0 saturated heterocycles. The lowest BCUT2D eigenvalue weighted by molar-refractivity contribution is 0.0601. The summed E-state index contributed by atoms with van der Waals surface area (Å²) < 4.78 is 4.87. The molecule has 2 heterocycles. The first kappa shape index (κ1) is 25.6. The second-order valence-corrected chi connectivity index (χ2v) is 8.97. The number of anilines is 1.